The quantitative estimate of drug-likeness (QED) is 0.657. The molecule has 1 fully saturated rings. The standard InChI is InChI=1S/C17H26N4O/c1-14-8-4-5-9-15(14)12-19-17(18-2)20-13-16(22)21-10-6-3-7-11-21/h4-5,8-9H,3,6-7,10-13H2,1-2H3,(H2,18,19,20). The lowest BCUT2D eigenvalue weighted by molar-refractivity contribution is -0.130. The first-order chi connectivity index (χ1) is 10.7. The smallest absolute Gasteiger partial charge is 0.241 e. The summed E-state index contributed by atoms with van der Waals surface area (Å²) in [6.07, 6.45) is 3.47. The van der Waals surface area contributed by atoms with E-state index in [1.54, 1.807) is 7.05 Å². The summed E-state index contributed by atoms with van der Waals surface area (Å²) < 4.78 is 0. The number of carbonyl (C=O) groups excluding carboxylic acids is 1. The van der Waals surface area contributed by atoms with Crippen molar-refractivity contribution in [3.05, 3.63) is 35.4 Å². The summed E-state index contributed by atoms with van der Waals surface area (Å²) in [5, 5.41) is 6.36. The van der Waals surface area contributed by atoms with Crippen LogP contribution in [0.15, 0.2) is 29.3 Å². The highest BCUT2D eigenvalue weighted by Crippen LogP contribution is 2.08. The molecule has 0 aromatic heterocycles. The van der Waals surface area contributed by atoms with E-state index in [2.05, 4.69) is 34.7 Å². The van der Waals surface area contributed by atoms with E-state index in [0.717, 1.165) is 25.9 Å². The molecule has 2 rings (SSSR count). The molecule has 0 radical (unpaired) electrons. The Morgan fingerprint density at radius 3 is 2.59 bits per heavy atom. The molecule has 1 heterocycles. The van der Waals surface area contributed by atoms with Gasteiger partial charge in [-0.3, -0.25) is 9.79 Å². The SMILES string of the molecule is CN=C(NCC(=O)N1CCCCC1)NCc1ccccc1C. The lowest BCUT2D eigenvalue weighted by atomic mass is 10.1. The van der Waals surface area contributed by atoms with Gasteiger partial charge in [0.2, 0.25) is 5.91 Å². The fourth-order valence-corrected chi connectivity index (χ4v) is 2.62. The van der Waals surface area contributed by atoms with Crippen LogP contribution in [-0.4, -0.2) is 43.4 Å². The highest BCUT2D eigenvalue weighted by atomic mass is 16.2. The Morgan fingerprint density at radius 2 is 1.91 bits per heavy atom. The van der Waals surface area contributed by atoms with Crippen LogP contribution < -0.4 is 10.6 Å². The molecule has 1 amide bonds. The van der Waals surface area contributed by atoms with Gasteiger partial charge >= 0.3 is 0 Å². The Balaban J connectivity index is 1.77. The Labute approximate surface area is 132 Å². The molecule has 0 atom stereocenters. The minimum absolute atomic E-state index is 0.151. The van der Waals surface area contributed by atoms with Gasteiger partial charge in [0, 0.05) is 26.7 Å². The summed E-state index contributed by atoms with van der Waals surface area (Å²) >= 11 is 0. The van der Waals surface area contributed by atoms with Gasteiger partial charge in [-0.1, -0.05) is 24.3 Å². The first kappa shape index (κ1) is 16.3. The highest BCUT2D eigenvalue weighted by Gasteiger charge is 2.16. The van der Waals surface area contributed by atoms with Crippen LogP contribution in [0.3, 0.4) is 0 Å². The lowest BCUT2D eigenvalue weighted by Gasteiger charge is -2.27. The van der Waals surface area contributed by atoms with Crippen LogP contribution in [0.25, 0.3) is 0 Å². The molecule has 2 N–H and O–H groups in total. The second kappa shape index (κ2) is 8.41. The van der Waals surface area contributed by atoms with Crippen molar-refractivity contribution in [2.75, 3.05) is 26.7 Å². The van der Waals surface area contributed by atoms with Crippen molar-refractivity contribution in [2.24, 2.45) is 4.99 Å². The van der Waals surface area contributed by atoms with Crippen LogP contribution in [0.2, 0.25) is 0 Å². The number of hydrogen-bond acceptors (Lipinski definition) is 2. The number of aryl methyl sites for hydroxylation is 1. The van der Waals surface area contributed by atoms with Crippen LogP contribution in [0, 0.1) is 6.92 Å². The lowest BCUT2D eigenvalue weighted by Crippen LogP contribution is -2.45. The zero-order valence-electron chi connectivity index (χ0n) is 13.6. The van der Waals surface area contributed by atoms with Gasteiger partial charge in [-0.2, -0.15) is 0 Å². The summed E-state index contributed by atoms with van der Waals surface area (Å²) in [6.45, 7) is 4.86. The predicted molar refractivity (Wildman–Crippen MR) is 89.8 cm³/mol. The van der Waals surface area contributed by atoms with Gasteiger partial charge in [-0.25, -0.2) is 0 Å². The molecule has 1 aromatic rings. The molecule has 0 saturated carbocycles. The molecule has 120 valence electrons. The number of guanidine groups is 1. The number of rotatable bonds is 4. The first-order valence-corrected chi connectivity index (χ1v) is 7.97. The van der Waals surface area contributed by atoms with Crippen LogP contribution >= 0.6 is 0 Å². The Hall–Kier alpha value is -2.04. The summed E-state index contributed by atoms with van der Waals surface area (Å²) in [5.41, 5.74) is 2.47. The van der Waals surface area contributed by atoms with E-state index in [1.807, 2.05) is 17.0 Å². The normalized spacial score (nSPS) is 15.5. The molecular weight excluding hydrogens is 276 g/mol. The van der Waals surface area contributed by atoms with Gasteiger partial charge in [0.15, 0.2) is 5.96 Å². The average molecular weight is 302 g/mol. The van der Waals surface area contributed by atoms with Crippen molar-refractivity contribution in [1.82, 2.24) is 15.5 Å². The third-order valence-corrected chi connectivity index (χ3v) is 4.05. The number of hydrogen-bond donors (Lipinski definition) is 2. The predicted octanol–water partition coefficient (Wildman–Crippen LogP) is 1.67. The van der Waals surface area contributed by atoms with Gasteiger partial charge in [0.25, 0.3) is 0 Å². The Morgan fingerprint density at radius 1 is 1.18 bits per heavy atom. The second-order valence-corrected chi connectivity index (χ2v) is 5.65. The van der Waals surface area contributed by atoms with Crippen molar-refractivity contribution in [2.45, 2.75) is 32.7 Å². The number of carbonyl (C=O) groups is 1. The van der Waals surface area contributed by atoms with E-state index < -0.39 is 0 Å². The van der Waals surface area contributed by atoms with E-state index in [9.17, 15) is 4.79 Å². The number of piperidine rings is 1. The summed E-state index contributed by atoms with van der Waals surface area (Å²) in [5.74, 6) is 0.812. The van der Waals surface area contributed by atoms with E-state index in [0.29, 0.717) is 19.0 Å². The number of likely N-dealkylation sites (tertiary alicyclic amines) is 1. The zero-order chi connectivity index (χ0) is 15.8. The summed E-state index contributed by atoms with van der Waals surface area (Å²) in [6, 6.07) is 8.24. The minimum atomic E-state index is 0.151. The van der Waals surface area contributed by atoms with E-state index in [4.69, 9.17) is 0 Å². The van der Waals surface area contributed by atoms with Gasteiger partial charge in [-0.15, -0.1) is 0 Å². The maximum Gasteiger partial charge on any atom is 0.241 e. The fraction of sp³-hybridized carbons (Fsp3) is 0.529. The van der Waals surface area contributed by atoms with Crippen LogP contribution in [0.1, 0.15) is 30.4 Å². The largest absolute Gasteiger partial charge is 0.352 e. The number of amides is 1. The van der Waals surface area contributed by atoms with Crippen molar-refractivity contribution in [3.8, 4) is 0 Å². The Kier molecular flexibility index (Phi) is 6.25. The number of aliphatic imine (C=N–C) groups is 1. The summed E-state index contributed by atoms with van der Waals surface area (Å²) in [4.78, 5) is 18.2. The topological polar surface area (TPSA) is 56.7 Å². The molecule has 0 unspecified atom stereocenters. The first-order valence-electron chi connectivity index (χ1n) is 7.97. The molecule has 5 heteroatoms. The molecular formula is C17H26N4O. The van der Waals surface area contributed by atoms with Crippen LogP contribution in [-0.2, 0) is 11.3 Å². The molecule has 0 spiro atoms. The van der Waals surface area contributed by atoms with Crippen molar-refractivity contribution < 1.29 is 4.79 Å². The van der Waals surface area contributed by atoms with Gasteiger partial charge < -0.3 is 15.5 Å². The number of nitrogens with zero attached hydrogens (tertiary/aromatic N) is 2. The monoisotopic (exact) mass is 302 g/mol. The third-order valence-electron chi connectivity index (χ3n) is 4.05. The Bertz CT molecular complexity index is 521. The van der Waals surface area contributed by atoms with Crippen LogP contribution in [0.5, 0.6) is 0 Å². The maximum absolute atomic E-state index is 12.1. The molecule has 1 aliphatic rings. The number of benzene rings is 1. The second-order valence-electron chi connectivity index (χ2n) is 5.65. The van der Waals surface area contributed by atoms with E-state index >= 15 is 0 Å². The fourth-order valence-electron chi connectivity index (χ4n) is 2.62. The van der Waals surface area contributed by atoms with Crippen molar-refractivity contribution in [3.63, 3.8) is 0 Å². The minimum Gasteiger partial charge on any atom is -0.352 e. The molecule has 1 saturated heterocycles. The molecule has 22 heavy (non-hydrogen) atoms. The molecule has 0 bridgehead atoms. The zero-order valence-corrected chi connectivity index (χ0v) is 13.6. The van der Waals surface area contributed by atoms with Crippen molar-refractivity contribution >= 4 is 11.9 Å². The van der Waals surface area contributed by atoms with E-state index in [1.165, 1.54) is 17.5 Å². The number of nitrogens with one attached hydrogen (secondary N) is 2. The molecule has 1 aromatic carbocycles. The highest BCUT2D eigenvalue weighted by molar-refractivity contribution is 5.86. The molecule has 1 aliphatic heterocycles. The third kappa shape index (κ3) is 4.76. The van der Waals surface area contributed by atoms with Crippen molar-refractivity contribution in [1.29, 1.82) is 0 Å². The van der Waals surface area contributed by atoms with Gasteiger partial charge in [0.1, 0.15) is 0 Å². The van der Waals surface area contributed by atoms with Gasteiger partial charge in [0.05, 0.1) is 6.54 Å². The summed E-state index contributed by atoms with van der Waals surface area (Å²) in [7, 11) is 1.72. The van der Waals surface area contributed by atoms with E-state index in [-0.39, 0.29) is 5.91 Å². The maximum atomic E-state index is 12.1. The average Bonchev–Trinajstić information content (AvgIpc) is 2.57. The van der Waals surface area contributed by atoms with Gasteiger partial charge in [-0.05, 0) is 37.3 Å². The molecule has 0 aliphatic carbocycles. The van der Waals surface area contributed by atoms with Crippen LogP contribution in [0.4, 0.5) is 0 Å². The molecule has 5 nitrogen and oxygen atoms in total.